The van der Waals surface area contributed by atoms with Gasteiger partial charge in [-0.3, -0.25) is 0 Å². The van der Waals surface area contributed by atoms with E-state index in [0.29, 0.717) is 0 Å². The van der Waals surface area contributed by atoms with E-state index in [1.54, 1.807) is 0 Å². The minimum Gasteiger partial charge on any atom is -0.309 e. The zero-order chi connectivity index (χ0) is 25.3. The summed E-state index contributed by atoms with van der Waals surface area (Å²) in [4.78, 5) is 0. The monoisotopic (exact) mass is 478 g/mol. The van der Waals surface area contributed by atoms with Crippen molar-refractivity contribution in [1.82, 2.24) is 9.13 Å². The van der Waals surface area contributed by atoms with Gasteiger partial charge in [-0.2, -0.15) is 0 Å². The fraction of sp³-hybridized carbons (Fsp3) is 0.143. The number of aromatic nitrogens is 2. The number of hydrogen-bond donors (Lipinski definition) is 0. The first-order valence-corrected chi connectivity index (χ1v) is 13.3. The fourth-order valence-corrected chi connectivity index (χ4v) is 6.49. The van der Waals surface area contributed by atoms with Gasteiger partial charge in [0.25, 0.3) is 0 Å². The number of fused-ring (bicyclic) bond motifs is 8. The molecule has 7 aromatic rings. The van der Waals surface area contributed by atoms with Crippen LogP contribution in [0.2, 0.25) is 0 Å². The molecule has 0 amide bonds. The zero-order valence-corrected chi connectivity index (χ0v) is 21.8. The number of para-hydroxylation sites is 4. The Hall–Kier alpha value is -4.30. The van der Waals surface area contributed by atoms with Gasteiger partial charge in [-0.25, -0.2) is 0 Å². The van der Waals surface area contributed by atoms with Crippen molar-refractivity contribution >= 4 is 43.6 Å². The van der Waals surface area contributed by atoms with Gasteiger partial charge in [-0.1, -0.05) is 100 Å². The molecule has 1 aliphatic rings. The number of rotatable bonds is 1. The summed E-state index contributed by atoms with van der Waals surface area (Å²) in [6, 6.07) is 40.1. The topological polar surface area (TPSA) is 9.86 Å². The molecule has 0 saturated carbocycles. The van der Waals surface area contributed by atoms with Gasteiger partial charge in [-0.05, 0) is 47.5 Å². The first kappa shape index (κ1) is 21.9. The van der Waals surface area contributed by atoms with Gasteiger partial charge >= 0.3 is 0 Å². The minimum atomic E-state index is -0.0455. The quantitative estimate of drug-likeness (QED) is 0.222. The third kappa shape index (κ3) is 2.81. The number of nitrogens with zero attached hydrogens (tertiary/aromatic N) is 2. The largest absolute Gasteiger partial charge is 0.309 e. The van der Waals surface area contributed by atoms with Crippen LogP contribution >= 0.6 is 0 Å². The standard InChI is InChI=1S/C33H24N2.C2H6/c1-33(2)26-13-5-8-17-31(26)35-30-19-18-21(20-25(30)24-12-9-14-27(33)32(24)35)34-28-15-6-3-10-22(28)23-11-4-7-16-29(23)34;1-2/h3-20H,1-2H3;1-2H3. The molecule has 0 atom stereocenters. The van der Waals surface area contributed by atoms with Gasteiger partial charge in [0, 0.05) is 32.6 Å². The molecule has 2 nitrogen and oxygen atoms in total. The van der Waals surface area contributed by atoms with Crippen LogP contribution < -0.4 is 0 Å². The molecule has 0 fully saturated rings. The molecule has 0 spiro atoms. The van der Waals surface area contributed by atoms with Crippen molar-refractivity contribution in [2.75, 3.05) is 0 Å². The summed E-state index contributed by atoms with van der Waals surface area (Å²) in [6.07, 6.45) is 0. The maximum Gasteiger partial charge on any atom is 0.0582 e. The lowest BCUT2D eigenvalue weighted by molar-refractivity contribution is 0.630. The summed E-state index contributed by atoms with van der Waals surface area (Å²) >= 11 is 0. The minimum absolute atomic E-state index is 0.0455. The SMILES string of the molecule is CC.CC1(C)c2ccccc2-n2c3ccc(-n4c5ccccc5c5ccccc54)cc3c3cccc1c32. The predicted molar refractivity (Wildman–Crippen MR) is 159 cm³/mol. The lowest BCUT2D eigenvalue weighted by Crippen LogP contribution is -2.26. The lowest BCUT2D eigenvalue weighted by atomic mass is 9.75. The maximum atomic E-state index is 2.48. The van der Waals surface area contributed by atoms with Crippen LogP contribution in [0.4, 0.5) is 0 Å². The molecule has 2 aromatic heterocycles. The number of hydrogen-bond acceptors (Lipinski definition) is 0. The van der Waals surface area contributed by atoms with Gasteiger partial charge in [-0.15, -0.1) is 0 Å². The molecule has 180 valence electrons. The third-order valence-corrected chi connectivity index (χ3v) is 8.10. The van der Waals surface area contributed by atoms with Crippen LogP contribution in [0, 0.1) is 0 Å². The molecule has 0 aliphatic carbocycles. The average Bonchev–Trinajstić information content (AvgIpc) is 3.46. The van der Waals surface area contributed by atoms with Gasteiger partial charge < -0.3 is 9.13 Å². The Morgan fingerprint density at radius 3 is 1.78 bits per heavy atom. The first-order chi connectivity index (χ1) is 18.1. The van der Waals surface area contributed by atoms with Crippen molar-refractivity contribution in [3.8, 4) is 11.4 Å². The van der Waals surface area contributed by atoms with E-state index < -0.39 is 0 Å². The highest BCUT2D eigenvalue weighted by molar-refractivity contribution is 6.13. The van der Waals surface area contributed by atoms with E-state index in [4.69, 9.17) is 0 Å². The molecule has 0 unspecified atom stereocenters. The van der Waals surface area contributed by atoms with Crippen LogP contribution in [-0.2, 0) is 5.41 Å². The number of benzene rings is 5. The highest BCUT2D eigenvalue weighted by atomic mass is 15.0. The Morgan fingerprint density at radius 2 is 1.05 bits per heavy atom. The summed E-state index contributed by atoms with van der Waals surface area (Å²) < 4.78 is 4.89. The Bertz CT molecular complexity index is 1930. The van der Waals surface area contributed by atoms with Crippen LogP contribution in [0.25, 0.3) is 55.0 Å². The molecule has 0 bridgehead atoms. The summed E-state index contributed by atoms with van der Waals surface area (Å²) in [5, 5.41) is 5.21. The third-order valence-electron chi connectivity index (χ3n) is 8.10. The predicted octanol–water partition coefficient (Wildman–Crippen LogP) is 9.55. The molecule has 37 heavy (non-hydrogen) atoms. The van der Waals surface area contributed by atoms with E-state index >= 15 is 0 Å². The molecule has 1 aliphatic heterocycles. The van der Waals surface area contributed by atoms with E-state index in [1.807, 2.05) is 13.8 Å². The van der Waals surface area contributed by atoms with E-state index in [9.17, 15) is 0 Å². The summed E-state index contributed by atoms with van der Waals surface area (Å²) in [7, 11) is 0. The van der Waals surface area contributed by atoms with E-state index in [2.05, 4.69) is 132 Å². The highest BCUT2D eigenvalue weighted by Crippen LogP contribution is 2.47. The molecular formula is C35H30N2. The second kappa shape index (κ2) is 7.85. The average molecular weight is 479 g/mol. The van der Waals surface area contributed by atoms with Gasteiger partial charge in [0.15, 0.2) is 0 Å². The fourth-order valence-electron chi connectivity index (χ4n) is 6.49. The Balaban J connectivity index is 0.00000113. The van der Waals surface area contributed by atoms with Crippen LogP contribution in [0.1, 0.15) is 38.8 Å². The highest BCUT2D eigenvalue weighted by Gasteiger charge is 2.34. The Labute approximate surface area is 217 Å². The van der Waals surface area contributed by atoms with Crippen molar-refractivity contribution in [3.05, 3.63) is 120 Å². The van der Waals surface area contributed by atoms with Crippen molar-refractivity contribution in [1.29, 1.82) is 0 Å². The van der Waals surface area contributed by atoms with Crippen molar-refractivity contribution in [2.45, 2.75) is 33.1 Å². The smallest absolute Gasteiger partial charge is 0.0582 e. The maximum absolute atomic E-state index is 2.48. The van der Waals surface area contributed by atoms with E-state index in [-0.39, 0.29) is 5.41 Å². The van der Waals surface area contributed by atoms with E-state index in [0.717, 1.165) is 0 Å². The first-order valence-electron chi connectivity index (χ1n) is 13.3. The lowest BCUT2D eigenvalue weighted by Gasteiger charge is -2.34. The van der Waals surface area contributed by atoms with Crippen molar-refractivity contribution in [2.24, 2.45) is 0 Å². The molecule has 0 N–H and O–H groups in total. The van der Waals surface area contributed by atoms with Crippen LogP contribution in [0.5, 0.6) is 0 Å². The van der Waals surface area contributed by atoms with Crippen molar-refractivity contribution < 1.29 is 0 Å². The van der Waals surface area contributed by atoms with Gasteiger partial charge in [0.05, 0.1) is 27.8 Å². The van der Waals surface area contributed by atoms with Crippen LogP contribution in [0.15, 0.2) is 109 Å². The van der Waals surface area contributed by atoms with Gasteiger partial charge in [0.2, 0.25) is 0 Å². The summed E-state index contributed by atoms with van der Waals surface area (Å²) in [5.74, 6) is 0. The molecule has 0 saturated heterocycles. The second-order valence-corrected chi connectivity index (χ2v) is 10.3. The molecule has 8 rings (SSSR count). The molecule has 2 heteroatoms. The molecule has 3 heterocycles. The molecule has 5 aromatic carbocycles. The zero-order valence-electron chi connectivity index (χ0n) is 21.8. The Kier molecular flexibility index (Phi) is 4.65. The van der Waals surface area contributed by atoms with Crippen LogP contribution in [-0.4, -0.2) is 9.13 Å². The van der Waals surface area contributed by atoms with Crippen molar-refractivity contribution in [3.63, 3.8) is 0 Å². The summed E-state index contributed by atoms with van der Waals surface area (Å²) in [6.45, 7) is 8.70. The van der Waals surface area contributed by atoms with Crippen LogP contribution in [0.3, 0.4) is 0 Å². The summed E-state index contributed by atoms with van der Waals surface area (Å²) in [5.41, 5.74) is 10.3. The van der Waals surface area contributed by atoms with E-state index in [1.165, 1.54) is 66.1 Å². The normalized spacial score (nSPS) is 13.6. The molecular weight excluding hydrogens is 448 g/mol. The molecule has 0 radical (unpaired) electrons. The Morgan fingerprint density at radius 1 is 0.486 bits per heavy atom. The van der Waals surface area contributed by atoms with Gasteiger partial charge in [0.1, 0.15) is 0 Å². The second-order valence-electron chi connectivity index (χ2n) is 10.3.